The van der Waals surface area contributed by atoms with E-state index in [9.17, 15) is 0 Å². The minimum Gasteiger partial charge on any atom is -0.375 e. The Morgan fingerprint density at radius 2 is 1.62 bits per heavy atom. The zero-order valence-electron chi connectivity index (χ0n) is 14.1. The van der Waals surface area contributed by atoms with Crippen molar-refractivity contribution in [3.63, 3.8) is 0 Å². The van der Waals surface area contributed by atoms with Crippen molar-refractivity contribution in [3.05, 3.63) is 30.3 Å². The van der Waals surface area contributed by atoms with E-state index in [2.05, 4.69) is 15.0 Å². The van der Waals surface area contributed by atoms with Crippen LogP contribution in [0.3, 0.4) is 0 Å². The highest BCUT2D eigenvalue weighted by molar-refractivity contribution is 5.54. The lowest BCUT2D eigenvalue weighted by atomic mass is 9.97. The van der Waals surface area contributed by atoms with Gasteiger partial charge in [0, 0.05) is 18.7 Å². The molecule has 1 saturated carbocycles. The largest absolute Gasteiger partial charge is 0.375 e. The Morgan fingerprint density at radius 1 is 0.917 bits per heavy atom. The van der Waals surface area contributed by atoms with E-state index >= 15 is 0 Å². The van der Waals surface area contributed by atoms with E-state index in [0.717, 1.165) is 31.5 Å². The van der Waals surface area contributed by atoms with E-state index in [1.165, 1.54) is 32.1 Å². The van der Waals surface area contributed by atoms with Gasteiger partial charge in [-0.25, -0.2) is 0 Å². The number of hydrogen-bond donors (Lipinski definition) is 0. The summed E-state index contributed by atoms with van der Waals surface area (Å²) in [6.07, 6.45) is 9.49. The van der Waals surface area contributed by atoms with Gasteiger partial charge in [0.1, 0.15) is 0 Å². The molecule has 128 valence electrons. The van der Waals surface area contributed by atoms with Gasteiger partial charge < -0.3 is 14.2 Å². The van der Waals surface area contributed by atoms with Gasteiger partial charge in [0.25, 0.3) is 11.8 Å². The van der Waals surface area contributed by atoms with Gasteiger partial charge in [0.2, 0.25) is 0 Å². The maximum atomic E-state index is 6.30. The third-order valence-electron chi connectivity index (χ3n) is 5.10. The van der Waals surface area contributed by atoms with Crippen LogP contribution in [0.5, 0.6) is 0 Å². The van der Waals surface area contributed by atoms with Crippen molar-refractivity contribution in [2.75, 3.05) is 18.0 Å². The first-order valence-electron chi connectivity index (χ1n) is 9.18. The Balaban J connectivity index is 1.32. The number of anilines is 1. The van der Waals surface area contributed by atoms with Gasteiger partial charge in [0.05, 0.1) is 12.2 Å². The summed E-state index contributed by atoms with van der Waals surface area (Å²) < 4.78 is 11.7. The van der Waals surface area contributed by atoms with Crippen molar-refractivity contribution in [3.8, 4) is 11.5 Å². The lowest BCUT2D eigenvalue weighted by Crippen LogP contribution is -2.39. The number of benzene rings is 1. The van der Waals surface area contributed by atoms with E-state index in [1.54, 1.807) is 0 Å². The molecule has 2 fully saturated rings. The molecule has 1 aromatic heterocycles. The van der Waals surface area contributed by atoms with Gasteiger partial charge >= 0.3 is 0 Å². The fourth-order valence-electron chi connectivity index (χ4n) is 3.71. The molecule has 0 amide bonds. The van der Waals surface area contributed by atoms with Gasteiger partial charge in [-0.15, -0.1) is 0 Å². The Bertz CT molecular complexity index is 629. The molecule has 1 saturated heterocycles. The van der Waals surface area contributed by atoms with Crippen molar-refractivity contribution in [2.24, 2.45) is 0 Å². The van der Waals surface area contributed by atoms with Crippen molar-refractivity contribution >= 4 is 5.95 Å². The van der Waals surface area contributed by atoms with Crippen molar-refractivity contribution in [2.45, 2.75) is 57.2 Å². The number of piperidine rings is 1. The van der Waals surface area contributed by atoms with Crippen LogP contribution in [0.25, 0.3) is 11.5 Å². The first-order valence-corrected chi connectivity index (χ1v) is 9.18. The molecule has 0 bridgehead atoms. The lowest BCUT2D eigenvalue weighted by molar-refractivity contribution is -0.0396. The molecule has 0 N–H and O–H groups in total. The molecule has 1 aliphatic carbocycles. The molecular weight excluding hydrogens is 302 g/mol. The zero-order valence-corrected chi connectivity index (χ0v) is 14.1. The average Bonchev–Trinajstić information content (AvgIpc) is 3.14. The second-order valence-electron chi connectivity index (χ2n) is 6.85. The number of nitrogens with zero attached hydrogens (tertiary/aromatic N) is 3. The maximum Gasteiger partial charge on any atom is 0.266 e. The summed E-state index contributed by atoms with van der Waals surface area (Å²) in [5.74, 6) is 1.29. The van der Waals surface area contributed by atoms with E-state index in [-0.39, 0.29) is 0 Å². The first-order chi connectivity index (χ1) is 11.9. The summed E-state index contributed by atoms with van der Waals surface area (Å²) in [6.45, 7) is 1.87. The van der Waals surface area contributed by atoms with Crippen LogP contribution in [-0.2, 0) is 4.74 Å². The van der Waals surface area contributed by atoms with E-state index in [0.29, 0.717) is 24.0 Å². The van der Waals surface area contributed by atoms with Gasteiger partial charge in [-0.05, 0) is 43.0 Å². The second-order valence-corrected chi connectivity index (χ2v) is 6.85. The molecule has 2 aliphatic rings. The van der Waals surface area contributed by atoms with E-state index in [1.807, 2.05) is 30.3 Å². The van der Waals surface area contributed by atoms with Gasteiger partial charge in [-0.1, -0.05) is 37.5 Å². The molecule has 5 nitrogen and oxygen atoms in total. The summed E-state index contributed by atoms with van der Waals surface area (Å²) in [7, 11) is 0. The fraction of sp³-hybridized carbons (Fsp3) is 0.579. The van der Waals surface area contributed by atoms with Crippen LogP contribution in [0.4, 0.5) is 5.95 Å². The van der Waals surface area contributed by atoms with Crippen LogP contribution in [-0.4, -0.2) is 35.4 Å². The van der Waals surface area contributed by atoms with Crippen LogP contribution >= 0.6 is 0 Å². The normalized spacial score (nSPS) is 20.4. The molecule has 2 aromatic rings. The summed E-state index contributed by atoms with van der Waals surface area (Å²) in [6, 6.07) is 9.92. The van der Waals surface area contributed by atoms with Gasteiger partial charge in [-0.2, -0.15) is 4.98 Å². The van der Waals surface area contributed by atoms with E-state index in [4.69, 9.17) is 9.26 Å². The fourth-order valence-corrected chi connectivity index (χ4v) is 3.71. The summed E-state index contributed by atoms with van der Waals surface area (Å²) in [4.78, 5) is 6.76. The minimum absolute atomic E-state index is 0.393. The predicted molar refractivity (Wildman–Crippen MR) is 92.9 cm³/mol. The molecule has 1 aliphatic heterocycles. The molecule has 4 rings (SSSR count). The van der Waals surface area contributed by atoms with Crippen LogP contribution in [0.2, 0.25) is 0 Å². The topological polar surface area (TPSA) is 51.4 Å². The third-order valence-corrected chi connectivity index (χ3v) is 5.10. The maximum absolute atomic E-state index is 6.30. The number of aromatic nitrogens is 2. The van der Waals surface area contributed by atoms with Gasteiger partial charge in [-0.3, -0.25) is 0 Å². The highest BCUT2D eigenvalue weighted by Gasteiger charge is 2.26. The molecule has 24 heavy (non-hydrogen) atoms. The van der Waals surface area contributed by atoms with Gasteiger partial charge in [0.15, 0.2) is 0 Å². The first kappa shape index (κ1) is 15.6. The average molecular weight is 327 g/mol. The number of ether oxygens (including phenoxy) is 1. The predicted octanol–water partition coefficient (Wildman–Crippen LogP) is 4.05. The summed E-state index contributed by atoms with van der Waals surface area (Å²) >= 11 is 0. The number of hydrogen-bond acceptors (Lipinski definition) is 5. The van der Waals surface area contributed by atoms with Crippen LogP contribution < -0.4 is 4.90 Å². The zero-order chi connectivity index (χ0) is 16.2. The summed E-state index contributed by atoms with van der Waals surface area (Å²) in [5, 5.41) is 4.16. The molecule has 0 spiro atoms. The van der Waals surface area contributed by atoms with Crippen LogP contribution in [0.15, 0.2) is 34.9 Å². The Labute approximate surface area is 143 Å². The monoisotopic (exact) mass is 327 g/mol. The highest BCUT2D eigenvalue weighted by atomic mass is 16.5. The standard InChI is InChI=1S/C19H25N3O2/c1-3-7-15(8-4-1)18-20-19(21-24-18)22-13-11-17(12-14-22)23-16-9-5-2-6-10-16/h1,3-4,7-8,16-17H,2,5-6,9-14H2. The molecule has 1 aromatic carbocycles. The molecule has 2 heterocycles. The van der Waals surface area contributed by atoms with Crippen molar-refractivity contribution in [1.29, 1.82) is 0 Å². The second kappa shape index (κ2) is 7.34. The summed E-state index contributed by atoms with van der Waals surface area (Å²) in [5.41, 5.74) is 0.965. The number of rotatable bonds is 4. The van der Waals surface area contributed by atoms with Crippen LogP contribution in [0, 0.1) is 0 Å². The molecule has 0 radical (unpaired) electrons. The molecular formula is C19H25N3O2. The smallest absolute Gasteiger partial charge is 0.266 e. The molecule has 5 heteroatoms. The van der Waals surface area contributed by atoms with E-state index < -0.39 is 0 Å². The van der Waals surface area contributed by atoms with Crippen molar-refractivity contribution < 1.29 is 9.26 Å². The van der Waals surface area contributed by atoms with Crippen molar-refractivity contribution in [1.82, 2.24) is 10.1 Å². The minimum atomic E-state index is 0.393. The Morgan fingerprint density at radius 3 is 2.38 bits per heavy atom. The Kier molecular flexibility index (Phi) is 4.78. The third kappa shape index (κ3) is 3.61. The van der Waals surface area contributed by atoms with Crippen LogP contribution in [0.1, 0.15) is 44.9 Å². The molecule has 0 atom stereocenters. The molecule has 0 unspecified atom stereocenters. The lowest BCUT2D eigenvalue weighted by Gasteiger charge is -2.34. The SMILES string of the molecule is c1ccc(-c2nc(N3CCC(OC4CCCCC4)CC3)no2)cc1. The quantitative estimate of drug-likeness (QED) is 0.848. The Hall–Kier alpha value is -1.88. The highest BCUT2D eigenvalue weighted by Crippen LogP contribution is 2.26.